The Bertz CT molecular complexity index is 341. The average Bonchev–Trinajstić information content (AvgIpc) is 2.19. The molecule has 0 amide bonds. The zero-order chi connectivity index (χ0) is 10.6. The SMILES string of the molecule is CNCC(=O)c1ccc(F)c(SC)c1. The van der Waals surface area contributed by atoms with Gasteiger partial charge in [0.1, 0.15) is 5.82 Å². The lowest BCUT2D eigenvalue weighted by atomic mass is 10.1. The molecule has 0 heterocycles. The topological polar surface area (TPSA) is 29.1 Å². The molecule has 76 valence electrons. The zero-order valence-corrected chi connectivity index (χ0v) is 8.95. The maximum atomic E-state index is 13.1. The summed E-state index contributed by atoms with van der Waals surface area (Å²) >= 11 is 1.30. The molecule has 0 aromatic heterocycles. The second-order valence-corrected chi connectivity index (χ2v) is 3.65. The predicted octanol–water partition coefficient (Wildman–Crippen LogP) is 1.95. The van der Waals surface area contributed by atoms with E-state index >= 15 is 0 Å². The standard InChI is InChI=1S/C10H12FNOS/c1-12-6-9(13)7-3-4-8(11)10(5-7)14-2/h3-5,12H,6H2,1-2H3. The minimum absolute atomic E-state index is 0.0252. The number of ketones is 1. The third kappa shape index (κ3) is 2.56. The Hall–Kier alpha value is -0.870. The lowest BCUT2D eigenvalue weighted by Gasteiger charge is -2.03. The number of rotatable bonds is 4. The van der Waals surface area contributed by atoms with Crippen LogP contribution in [0.15, 0.2) is 23.1 Å². The van der Waals surface area contributed by atoms with Crippen LogP contribution in [0.2, 0.25) is 0 Å². The van der Waals surface area contributed by atoms with Crippen LogP contribution in [0.1, 0.15) is 10.4 Å². The highest BCUT2D eigenvalue weighted by Crippen LogP contribution is 2.20. The number of nitrogens with one attached hydrogen (secondary N) is 1. The van der Waals surface area contributed by atoms with Gasteiger partial charge in [-0.05, 0) is 31.5 Å². The molecule has 14 heavy (non-hydrogen) atoms. The molecule has 0 saturated carbocycles. The quantitative estimate of drug-likeness (QED) is 0.612. The van der Waals surface area contributed by atoms with Crippen molar-refractivity contribution in [1.29, 1.82) is 0 Å². The van der Waals surface area contributed by atoms with Gasteiger partial charge in [-0.1, -0.05) is 0 Å². The van der Waals surface area contributed by atoms with E-state index in [-0.39, 0.29) is 18.1 Å². The van der Waals surface area contributed by atoms with Crippen molar-refractivity contribution >= 4 is 17.5 Å². The van der Waals surface area contributed by atoms with Gasteiger partial charge >= 0.3 is 0 Å². The van der Waals surface area contributed by atoms with Crippen molar-refractivity contribution < 1.29 is 9.18 Å². The fraction of sp³-hybridized carbons (Fsp3) is 0.300. The van der Waals surface area contributed by atoms with E-state index in [9.17, 15) is 9.18 Å². The molecular weight excluding hydrogens is 201 g/mol. The summed E-state index contributed by atoms with van der Waals surface area (Å²) in [7, 11) is 1.71. The molecule has 0 aliphatic carbocycles. The maximum Gasteiger partial charge on any atom is 0.176 e. The van der Waals surface area contributed by atoms with E-state index in [0.29, 0.717) is 10.5 Å². The Morgan fingerprint density at radius 2 is 2.29 bits per heavy atom. The van der Waals surface area contributed by atoms with E-state index in [2.05, 4.69) is 5.32 Å². The first-order valence-corrected chi connectivity index (χ1v) is 5.43. The first-order valence-electron chi connectivity index (χ1n) is 4.20. The van der Waals surface area contributed by atoms with Crippen LogP contribution in [-0.2, 0) is 0 Å². The maximum absolute atomic E-state index is 13.1. The van der Waals surface area contributed by atoms with Gasteiger partial charge in [-0.25, -0.2) is 4.39 Å². The van der Waals surface area contributed by atoms with Crippen LogP contribution >= 0.6 is 11.8 Å². The van der Waals surface area contributed by atoms with Crippen molar-refractivity contribution in [3.63, 3.8) is 0 Å². The van der Waals surface area contributed by atoms with Crippen LogP contribution in [-0.4, -0.2) is 25.6 Å². The molecule has 0 spiro atoms. The number of hydrogen-bond donors (Lipinski definition) is 1. The van der Waals surface area contributed by atoms with Crippen molar-refractivity contribution in [2.45, 2.75) is 4.90 Å². The molecule has 0 radical (unpaired) electrons. The van der Waals surface area contributed by atoms with Gasteiger partial charge in [-0.15, -0.1) is 11.8 Å². The molecule has 0 fully saturated rings. The summed E-state index contributed by atoms with van der Waals surface area (Å²) in [5, 5.41) is 2.77. The van der Waals surface area contributed by atoms with Gasteiger partial charge in [0, 0.05) is 10.5 Å². The van der Waals surface area contributed by atoms with E-state index in [0.717, 1.165) is 0 Å². The number of benzene rings is 1. The molecular formula is C10H12FNOS. The van der Waals surface area contributed by atoms with Crippen molar-refractivity contribution in [2.75, 3.05) is 19.8 Å². The van der Waals surface area contributed by atoms with E-state index in [1.165, 1.54) is 23.9 Å². The second-order valence-electron chi connectivity index (χ2n) is 2.80. The van der Waals surface area contributed by atoms with Gasteiger partial charge in [0.2, 0.25) is 0 Å². The van der Waals surface area contributed by atoms with E-state index < -0.39 is 0 Å². The molecule has 1 aromatic carbocycles. The Kier molecular flexibility index (Phi) is 4.10. The molecule has 0 unspecified atom stereocenters. The highest BCUT2D eigenvalue weighted by atomic mass is 32.2. The van der Waals surface area contributed by atoms with Crippen molar-refractivity contribution in [2.24, 2.45) is 0 Å². The Morgan fingerprint density at radius 3 is 2.86 bits per heavy atom. The van der Waals surface area contributed by atoms with Gasteiger partial charge in [0.25, 0.3) is 0 Å². The summed E-state index contributed by atoms with van der Waals surface area (Å²) in [4.78, 5) is 11.9. The summed E-state index contributed by atoms with van der Waals surface area (Å²) in [5.41, 5.74) is 0.546. The number of hydrogen-bond acceptors (Lipinski definition) is 3. The van der Waals surface area contributed by atoms with Crippen LogP contribution in [0.25, 0.3) is 0 Å². The third-order valence-electron chi connectivity index (χ3n) is 1.81. The van der Waals surface area contributed by atoms with Gasteiger partial charge in [-0.2, -0.15) is 0 Å². The number of carbonyl (C=O) groups excluding carboxylic acids is 1. The molecule has 2 nitrogen and oxygen atoms in total. The first kappa shape index (κ1) is 11.2. The number of likely N-dealkylation sites (N-methyl/N-ethyl adjacent to an activating group) is 1. The average molecular weight is 213 g/mol. The molecule has 1 rings (SSSR count). The molecule has 0 aliphatic heterocycles. The normalized spacial score (nSPS) is 10.2. The van der Waals surface area contributed by atoms with Crippen LogP contribution in [0, 0.1) is 5.82 Å². The second kappa shape index (κ2) is 5.12. The molecule has 0 aliphatic rings. The Balaban J connectivity index is 2.94. The van der Waals surface area contributed by atoms with Gasteiger partial charge in [0.05, 0.1) is 6.54 Å². The molecule has 0 saturated heterocycles. The third-order valence-corrected chi connectivity index (χ3v) is 2.56. The monoisotopic (exact) mass is 213 g/mol. The molecule has 0 bridgehead atoms. The Labute approximate surface area is 86.9 Å². The van der Waals surface area contributed by atoms with Gasteiger partial charge in [-0.3, -0.25) is 4.79 Å². The fourth-order valence-electron chi connectivity index (χ4n) is 1.10. The number of thioether (sulfide) groups is 1. The first-order chi connectivity index (χ1) is 6.69. The number of halogens is 1. The summed E-state index contributed by atoms with van der Waals surface area (Å²) in [5.74, 6) is -0.304. The minimum Gasteiger partial charge on any atom is -0.313 e. The largest absolute Gasteiger partial charge is 0.313 e. The van der Waals surface area contributed by atoms with Crippen LogP contribution in [0.4, 0.5) is 4.39 Å². The molecule has 1 N–H and O–H groups in total. The van der Waals surface area contributed by atoms with E-state index in [1.54, 1.807) is 19.4 Å². The van der Waals surface area contributed by atoms with Crippen molar-refractivity contribution in [1.82, 2.24) is 5.32 Å². The summed E-state index contributed by atoms with van der Waals surface area (Å²) in [6.45, 7) is 0.277. The molecule has 0 atom stereocenters. The van der Waals surface area contributed by atoms with Gasteiger partial charge < -0.3 is 5.32 Å². The van der Waals surface area contributed by atoms with Crippen LogP contribution < -0.4 is 5.32 Å². The lowest BCUT2D eigenvalue weighted by molar-refractivity contribution is 0.0993. The van der Waals surface area contributed by atoms with Crippen molar-refractivity contribution in [3.05, 3.63) is 29.6 Å². The highest BCUT2D eigenvalue weighted by molar-refractivity contribution is 7.98. The smallest absolute Gasteiger partial charge is 0.176 e. The Morgan fingerprint density at radius 1 is 1.57 bits per heavy atom. The van der Waals surface area contributed by atoms with Crippen LogP contribution in [0.5, 0.6) is 0 Å². The summed E-state index contributed by atoms with van der Waals surface area (Å²) in [6, 6.07) is 4.42. The van der Waals surface area contributed by atoms with Gasteiger partial charge in [0.15, 0.2) is 5.78 Å². The highest BCUT2D eigenvalue weighted by Gasteiger charge is 2.07. The van der Waals surface area contributed by atoms with Crippen LogP contribution in [0.3, 0.4) is 0 Å². The molecule has 4 heteroatoms. The van der Waals surface area contributed by atoms with Crippen molar-refractivity contribution in [3.8, 4) is 0 Å². The number of carbonyl (C=O) groups is 1. The summed E-state index contributed by atoms with van der Waals surface area (Å²) < 4.78 is 13.1. The minimum atomic E-state index is -0.279. The lowest BCUT2D eigenvalue weighted by Crippen LogP contribution is -2.18. The van der Waals surface area contributed by atoms with E-state index in [4.69, 9.17) is 0 Å². The predicted molar refractivity (Wildman–Crippen MR) is 56.4 cm³/mol. The fourth-order valence-corrected chi connectivity index (χ4v) is 1.60. The molecule has 1 aromatic rings. The summed E-state index contributed by atoms with van der Waals surface area (Å²) in [6.07, 6.45) is 1.78. The number of Topliss-reactive ketones (excluding diaryl/α,β-unsaturated/α-hetero) is 1. The zero-order valence-electron chi connectivity index (χ0n) is 8.13. The van der Waals surface area contributed by atoms with E-state index in [1.807, 2.05) is 0 Å².